The zero-order valence-electron chi connectivity index (χ0n) is 14.6. The largest absolute Gasteiger partial charge is 0.438 e. The highest BCUT2D eigenvalue weighted by Crippen LogP contribution is 2.26. The summed E-state index contributed by atoms with van der Waals surface area (Å²) < 4.78 is 40.3. The van der Waals surface area contributed by atoms with E-state index in [9.17, 15) is 22.8 Å². The van der Waals surface area contributed by atoms with E-state index in [4.69, 9.17) is 0 Å². The van der Waals surface area contributed by atoms with Crippen molar-refractivity contribution in [1.82, 2.24) is 9.55 Å². The monoisotopic (exact) mass is 375 g/mol. The van der Waals surface area contributed by atoms with Crippen molar-refractivity contribution in [2.24, 2.45) is 0 Å². The number of fused-ring (bicyclic) bond motifs is 1. The van der Waals surface area contributed by atoms with Gasteiger partial charge in [-0.25, -0.2) is 4.98 Å². The molecule has 0 spiro atoms. The number of aromatic nitrogens is 2. The minimum atomic E-state index is -4.91. The van der Waals surface area contributed by atoms with Crippen molar-refractivity contribution in [3.05, 3.63) is 69.6 Å². The summed E-state index contributed by atoms with van der Waals surface area (Å²) in [5.74, 6) is -0.602. The Morgan fingerprint density at radius 2 is 1.85 bits per heavy atom. The zero-order chi connectivity index (χ0) is 19.8. The first-order valence-corrected chi connectivity index (χ1v) is 8.10. The van der Waals surface area contributed by atoms with Crippen molar-refractivity contribution in [3.63, 3.8) is 0 Å². The Kier molecular flexibility index (Phi) is 4.73. The van der Waals surface area contributed by atoms with E-state index in [0.717, 1.165) is 15.7 Å². The van der Waals surface area contributed by atoms with Gasteiger partial charge in [0.25, 0.3) is 5.56 Å². The Hall–Kier alpha value is -3.16. The predicted octanol–water partition coefficient (Wildman–Crippen LogP) is 3.67. The number of hydrogen-bond donors (Lipinski definition) is 1. The Morgan fingerprint density at radius 3 is 2.56 bits per heavy atom. The number of anilines is 1. The molecule has 0 saturated carbocycles. The molecule has 1 heterocycles. The second kappa shape index (κ2) is 6.86. The summed E-state index contributed by atoms with van der Waals surface area (Å²) in [7, 11) is 0. The van der Waals surface area contributed by atoms with Gasteiger partial charge in [0.05, 0.1) is 11.0 Å². The first kappa shape index (κ1) is 18.6. The van der Waals surface area contributed by atoms with E-state index in [0.29, 0.717) is 5.69 Å². The first-order chi connectivity index (χ1) is 12.7. The highest BCUT2D eigenvalue weighted by atomic mass is 19.4. The number of carbonyl (C=O) groups excluding carboxylic acids is 1. The summed E-state index contributed by atoms with van der Waals surface area (Å²) in [5, 5.41) is 2.65. The summed E-state index contributed by atoms with van der Waals surface area (Å²) in [6.07, 6.45) is -4.91. The number of nitrogens with zero attached hydrogens (tertiary/aromatic N) is 2. The third-order valence-electron chi connectivity index (χ3n) is 4.09. The van der Waals surface area contributed by atoms with Crippen molar-refractivity contribution < 1.29 is 18.0 Å². The average Bonchev–Trinajstić information content (AvgIpc) is 2.59. The van der Waals surface area contributed by atoms with Crippen molar-refractivity contribution >= 4 is 22.6 Å². The van der Waals surface area contributed by atoms with Crippen LogP contribution in [0.25, 0.3) is 11.0 Å². The molecule has 0 saturated heterocycles. The van der Waals surface area contributed by atoms with E-state index >= 15 is 0 Å². The fourth-order valence-corrected chi connectivity index (χ4v) is 2.74. The quantitative estimate of drug-likeness (QED) is 0.760. The molecular weight excluding hydrogens is 359 g/mol. The number of benzene rings is 2. The van der Waals surface area contributed by atoms with Gasteiger partial charge in [-0.1, -0.05) is 24.3 Å². The molecule has 3 aromatic rings. The van der Waals surface area contributed by atoms with Crippen LogP contribution >= 0.6 is 0 Å². The molecule has 0 radical (unpaired) electrons. The first-order valence-electron chi connectivity index (χ1n) is 8.10. The van der Waals surface area contributed by atoms with Crippen LogP contribution in [-0.2, 0) is 17.5 Å². The van der Waals surface area contributed by atoms with Gasteiger partial charge in [0, 0.05) is 5.69 Å². The van der Waals surface area contributed by atoms with Gasteiger partial charge in [0.2, 0.25) is 11.6 Å². The average molecular weight is 375 g/mol. The van der Waals surface area contributed by atoms with Crippen LogP contribution in [0.1, 0.15) is 16.8 Å². The van der Waals surface area contributed by atoms with Crippen molar-refractivity contribution in [3.8, 4) is 0 Å². The SMILES string of the molecule is Cc1ccc(C)c(NC(=O)Cn2c(=O)c(C(F)(F)F)nc3ccccc32)c1. The van der Waals surface area contributed by atoms with Crippen LogP contribution in [-0.4, -0.2) is 15.5 Å². The molecule has 0 unspecified atom stereocenters. The normalized spacial score (nSPS) is 11.6. The van der Waals surface area contributed by atoms with Crippen molar-refractivity contribution in [1.29, 1.82) is 0 Å². The van der Waals surface area contributed by atoms with E-state index < -0.39 is 29.9 Å². The number of nitrogens with one attached hydrogen (secondary N) is 1. The van der Waals surface area contributed by atoms with Gasteiger partial charge >= 0.3 is 6.18 Å². The van der Waals surface area contributed by atoms with Crippen molar-refractivity contribution in [2.45, 2.75) is 26.6 Å². The van der Waals surface area contributed by atoms with E-state index in [1.165, 1.54) is 18.2 Å². The predicted molar refractivity (Wildman–Crippen MR) is 95.6 cm³/mol. The number of halogens is 3. The van der Waals surface area contributed by atoms with Gasteiger partial charge in [-0.2, -0.15) is 13.2 Å². The van der Waals surface area contributed by atoms with Gasteiger partial charge in [-0.05, 0) is 43.2 Å². The molecule has 8 heteroatoms. The number of rotatable bonds is 3. The summed E-state index contributed by atoms with van der Waals surface area (Å²) in [6, 6.07) is 11.3. The molecule has 0 aliphatic carbocycles. The van der Waals surface area contributed by atoms with Gasteiger partial charge in [-0.15, -0.1) is 0 Å². The summed E-state index contributed by atoms with van der Waals surface area (Å²) in [4.78, 5) is 28.2. The summed E-state index contributed by atoms with van der Waals surface area (Å²) in [6.45, 7) is 3.09. The minimum absolute atomic E-state index is 0.0102. The smallest absolute Gasteiger partial charge is 0.324 e. The van der Waals surface area contributed by atoms with Gasteiger partial charge < -0.3 is 5.32 Å². The molecule has 0 bridgehead atoms. The van der Waals surface area contributed by atoms with Crippen LogP contribution in [0.5, 0.6) is 0 Å². The van der Waals surface area contributed by atoms with E-state index in [1.54, 1.807) is 19.1 Å². The lowest BCUT2D eigenvalue weighted by Crippen LogP contribution is -2.34. The zero-order valence-corrected chi connectivity index (χ0v) is 14.6. The molecule has 27 heavy (non-hydrogen) atoms. The van der Waals surface area contributed by atoms with Gasteiger partial charge in [-0.3, -0.25) is 14.2 Å². The second-order valence-electron chi connectivity index (χ2n) is 6.20. The number of carbonyl (C=O) groups is 1. The molecule has 140 valence electrons. The topological polar surface area (TPSA) is 64.0 Å². The third-order valence-corrected chi connectivity index (χ3v) is 4.09. The highest BCUT2D eigenvalue weighted by Gasteiger charge is 2.37. The molecule has 2 aromatic carbocycles. The molecule has 1 aromatic heterocycles. The van der Waals surface area contributed by atoms with E-state index in [-0.39, 0.29) is 11.0 Å². The maximum Gasteiger partial charge on any atom is 0.438 e. The molecule has 0 atom stereocenters. The van der Waals surface area contributed by atoms with Crippen LogP contribution in [0.3, 0.4) is 0 Å². The Morgan fingerprint density at radius 1 is 1.15 bits per heavy atom. The van der Waals surface area contributed by atoms with Crippen LogP contribution in [0.4, 0.5) is 18.9 Å². The number of para-hydroxylation sites is 2. The lowest BCUT2D eigenvalue weighted by atomic mass is 10.1. The maximum absolute atomic E-state index is 13.2. The van der Waals surface area contributed by atoms with Crippen LogP contribution in [0, 0.1) is 13.8 Å². The highest BCUT2D eigenvalue weighted by molar-refractivity contribution is 5.92. The van der Waals surface area contributed by atoms with E-state index in [2.05, 4.69) is 10.3 Å². The van der Waals surface area contributed by atoms with Crippen molar-refractivity contribution in [2.75, 3.05) is 5.32 Å². The molecule has 0 aliphatic heterocycles. The Labute approximate surface area is 152 Å². The standard InChI is InChI=1S/C19H16F3N3O2/c1-11-7-8-12(2)14(9-11)23-16(26)10-25-15-6-4-3-5-13(15)24-17(18(25)27)19(20,21)22/h3-9H,10H2,1-2H3,(H,23,26). The molecule has 0 aliphatic rings. The summed E-state index contributed by atoms with van der Waals surface area (Å²) in [5.41, 5.74) is -0.477. The molecule has 1 amide bonds. The van der Waals surface area contributed by atoms with Crippen LogP contribution in [0.15, 0.2) is 47.3 Å². The van der Waals surface area contributed by atoms with Gasteiger partial charge in [0.1, 0.15) is 6.54 Å². The van der Waals surface area contributed by atoms with Crippen LogP contribution in [0.2, 0.25) is 0 Å². The number of amides is 1. The number of aryl methyl sites for hydroxylation is 2. The van der Waals surface area contributed by atoms with Crippen LogP contribution < -0.4 is 10.9 Å². The maximum atomic E-state index is 13.2. The molecule has 0 fully saturated rings. The number of alkyl halides is 3. The number of hydrogen-bond acceptors (Lipinski definition) is 3. The molecular formula is C19H16F3N3O2. The second-order valence-corrected chi connectivity index (χ2v) is 6.20. The molecule has 3 rings (SSSR count). The minimum Gasteiger partial charge on any atom is -0.324 e. The van der Waals surface area contributed by atoms with E-state index in [1.807, 2.05) is 19.1 Å². The fourth-order valence-electron chi connectivity index (χ4n) is 2.74. The lowest BCUT2D eigenvalue weighted by molar-refractivity contribution is -0.142. The fraction of sp³-hybridized carbons (Fsp3) is 0.211. The third kappa shape index (κ3) is 3.84. The van der Waals surface area contributed by atoms with Gasteiger partial charge in [0.15, 0.2) is 0 Å². The molecule has 5 nitrogen and oxygen atoms in total. The lowest BCUT2D eigenvalue weighted by Gasteiger charge is -2.14. The Balaban J connectivity index is 2.03. The Bertz CT molecular complexity index is 1090. The summed E-state index contributed by atoms with van der Waals surface area (Å²) >= 11 is 0. The molecule has 1 N–H and O–H groups in total.